The highest BCUT2D eigenvalue weighted by Gasteiger charge is 2.38. The van der Waals surface area contributed by atoms with Crippen LogP contribution in [0.15, 0.2) is 35.9 Å². The van der Waals surface area contributed by atoms with Crippen LogP contribution in [0, 0.1) is 0 Å². The first-order chi connectivity index (χ1) is 9.55. The van der Waals surface area contributed by atoms with Crippen molar-refractivity contribution in [2.75, 3.05) is 19.6 Å². The predicted octanol–water partition coefficient (Wildman–Crippen LogP) is 4.10. The van der Waals surface area contributed by atoms with Crippen LogP contribution in [0.2, 0.25) is 0 Å². The molecule has 0 saturated carbocycles. The Morgan fingerprint density at radius 3 is 2.85 bits per heavy atom. The number of nitrogens with zero attached hydrogens (tertiary/aromatic N) is 1. The molecule has 1 N–H and O–H groups in total. The summed E-state index contributed by atoms with van der Waals surface area (Å²) in [5.74, 6) is 0.390. The maximum atomic E-state index is 9.78. The highest BCUT2D eigenvalue weighted by atomic mass is 16.3. The quantitative estimate of drug-likeness (QED) is 0.816. The molecule has 110 valence electrons. The number of likely N-dealkylation sites (tertiary alicyclic amines) is 1. The zero-order valence-corrected chi connectivity index (χ0v) is 13.0. The molecule has 2 rings (SSSR count). The number of hydrogen-bond acceptors (Lipinski definition) is 2. The Kier molecular flexibility index (Phi) is 4.87. The molecular formula is C18H27NO. The summed E-state index contributed by atoms with van der Waals surface area (Å²) >= 11 is 0. The van der Waals surface area contributed by atoms with Crippen molar-refractivity contribution in [1.82, 2.24) is 4.90 Å². The van der Waals surface area contributed by atoms with Gasteiger partial charge in [-0.3, -0.25) is 4.90 Å². The summed E-state index contributed by atoms with van der Waals surface area (Å²) in [5.41, 5.74) is 2.91. The van der Waals surface area contributed by atoms with E-state index in [2.05, 4.69) is 37.8 Å². The Balaban J connectivity index is 2.18. The van der Waals surface area contributed by atoms with Gasteiger partial charge in [-0.15, -0.1) is 0 Å². The van der Waals surface area contributed by atoms with E-state index in [1.54, 1.807) is 6.07 Å². The SMILES string of the molecule is CCC[C@@]1(c2cccc(O)c2)CCN(CC=C(C)C)C1. The van der Waals surface area contributed by atoms with E-state index in [1.165, 1.54) is 30.4 Å². The zero-order chi connectivity index (χ0) is 14.6. The van der Waals surface area contributed by atoms with Gasteiger partial charge in [-0.1, -0.05) is 37.1 Å². The van der Waals surface area contributed by atoms with Crippen molar-refractivity contribution in [3.8, 4) is 5.75 Å². The minimum atomic E-state index is 0.225. The summed E-state index contributed by atoms with van der Waals surface area (Å²) in [5, 5.41) is 9.78. The lowest BCUT2D eigenvalue weighted by molar-refractivity contribution is 0.326. The van der Waals surface area contributed by atoms with Gasteiger partial charge in [0.1, 0.15) is 5.75 Å². The van der Waals surface area contributed by atoms with E-state index in [9.17, 15) is 5.11 Å². The molecule has 0 amide bonds. The van der Waals surface area contributed by atoms with Crippen molar-refractivity contribution in [2.45, 2.75) is 45.4 Å². The number of aromatic hydroxyl groups is 1. The fraction of sp³-hybridized carbons (Fsp3) is 0.556. The standard InChI is InChI=1S/C18H27NO/c1-4-9-18(16-6-5-7-17(20)13-16)10-12-19(14-18)11-8-15(2)3/h5-8,13,20H,4,9-12,14H2,1-3H3/t18-/m1/s1. The minimum Gasteiger partial charge on any atom is -0.508 e. The van der Waals surface area contributed by atoms with E-state index in [1.807, 2.05) is 12.1 Å². The summed E-state index contributed by atoms with van der Waals surface area (Å²) < 4.78 is 0. The lowest BCUT2D eigenvalue weighted by Crippen LogP contribution is -2.31. The summed E-state index contributed by atoms with van der Waals surface area (Å²) in [7, 11) is 0. The molecule has 1 saturated heterocycles. The van der Waals surface area contributed by atoms with Crippen molar-refractivity contribution >= 4 is 0 Å². The van der Waals surface area contributed by atoms with E-state index in [0.29, 0.717) is 5.75 Å². The van der Waals surface area contributed by atoms with Gasteiger partial charge < -0.3 is 5.11 Å². The Hall–Kier alpha value is -1.28. The number of phenolic OH excluding ortho intramolecular Hbond substituents is 1. The normalized spacial score (nSPS) is 22.9. The van der Waals surface area contributed by atoms with Crippen LogP contribution < -0.4 is 0 Å². The predicted molar refractivity (Wildman–Crippen MR) is 85.2 cm³/mol. The first-order valence-electron chi connectivity index (χ1n) is 7.71. The molecule has 0 aromatic heterocycles. The smallest absolute Gasteiger partial charge is 0.115 e. The fourth-order valence-electron chi connectivity index (χ4n) is 3.32. The van der Waals surface area contributed by atoms with Gasteiger partial charge in [0.15, 0.2) is 0 Å². The third-order valence-corrected chi connectivity index (χ3v) is 4.38. The third kappa shape index (κ3) is 3.43. The van der Waals surface area contributed by atoms with Crippen molar-refractivity contribution in [3.63, 3.8) is 0 Å². The van der Waals surface area contributed by atoms with Gasteiger partial charge in [-0.05, 0) is 50.9 Å². The first kappa shape index (κ1) is 15.1. The van der Waals surface area contributed by atoms with Crippen molar-refractivity contribution in [1.29, 1.82) is 0 Å². The Labute approximate surface area is 123 Å². The average molecular weight is 273 g/mol. The van der Waals surface area contributed by atoms with Crippen LogP contribution in [0.1, 0.15) is 45.6 Å². The molecule has 1 aliphatic rings. The average Bonchev–Trinajstić information content (AvgIpc) is 2.82. The number of allylic oxidation sites excluding steroid dienone is 1. The number of hydrogen-bond donors (Lipinski definition) is 1. The first-order valence-corrected chi connectivity index (χ1v) is 7.71. The molecule has 0 bridgehead atoms. The van der Waals surface area contributed by atoms with Gasteiger partial charge in [-0.2, -0.15) is 0 Å². The lowest BCUT2D eigenvalue weighted by Gasteiger charge is -2.30. The Morgan fingerprint density at radius 1 is 1.40 bits per heavy atom. The van der Waals surface area contributed by atoms with Crippen LogP contribution in [0.3, 0.4) is 0 Å². The molecule has 1 fully saturated rings. The highest BCUT2D eigenvalue weighted by Crippen LogP contribution is 2.39. The zero-order valence-electron chi connectivity index (χ0n) is 13.0. The van der Waals surface area contributed by atoms with Crippen LogP contribution in [-0.4, -0.2) is 29.6 Å². The number of benzene rings is 1. The Bertz CT molecular complexity index is 476. The van der Waals surface area contributed by atoms with Crippen LogP contribution in [0.4, 0.5) is 0 Å². The fourth-order valence-corrected chi connectivity index (χ4v) is 3.32. The molecule has 0 unspecified atom stereocenters. The van der Waals surface area contributed by atoms with Gasteiger partial charge >= 0.3 is 0 Å². The molecule has 1 aromatic rings. The molecule has 20 heavy (non-hydrogen) atoms. The van der Waals surface area contributed by atoms with E-state index >= 15 is 0 Å². The molecule has 1 atom stereocenters. The van der Waals surface area contributed by atoms with Gasteiger partial charge in [0.25, 0.3) is 0 Å². The molecule has 2 heteroatoms. The molecule has 1 heterocycles. The topological polar surface area (TPSA) is 23.5 Å². The van der Waals surface area contributed by atoms with Crippen molar-refractivity contribution in [3.05, 3.63) is 41.5 Å². The molecular weight excluding hydrogens is 246 g/mol. The number of phenols is 1. The molecule has 1 aliphatic heterocycles. The summed E-state index contributed by atoms with van der Waals surface area (Å²) in [4.78, 5) is 2.53. The van der Waals surface area contributed by atoms with Crippen LogP contribution in [0.5, 0.6) is 5.75 Å². The summed E-state index contributed by atoms with van der Waals surface area (Å²) in [6.07, 6.45) is 5.89. The van der Waals surface area contributed by atoms with E-state index in [-0.39, 0.29) is 5.41 Å². The van der Waals surface area contributed by atoms with Crippen molar-refractivity contribution in [2.24, 2.45) is 0 Å². The second kappa shape index (κ2) is 6.45. The number of rotatable bonds is 5. The molecule has 0 spiro atoms. The molecule has 1 aromatic carbocycles. The molecule has 0 aliphatic carbocycles. The van der Waals surface area contributed by atoms with E-state index in [0.717, 1.165) is 19.6 Å². The minimum absolute atomic E-state index is 0.225. The molecule has 2 nitrogen and oxygen atoms in total. The van der Waals surface area contributed by atoms with E-state index in [4.69, 9.17) is 0 Å². The maximum absolute atomic E-state index is 9.78. The largest absolute Gasteiger partial charge is 0.508 e. The second-order valence-electron chi connectivity index (χ2n) is 6.35. The van der Waals surface area contributed by atoms with Crippen LogP contribution in [-0.2, 0) is 5.41 Å². The lowest BCUT2D eigenvalue weighted by atomic mass is 9.76. The van der Waals surface area contributed by atoms with Gasteiger partial charge in [-0.25, -0.2) is 0 Å². The van der Waals surface area contributed by atoms with Gasteiger partial charge in [0, 0.05) is 18.5 Å². The van der Waals surface area contributed by atoms with Gasteiger partial charge in [0.2, 0.25) is 0 Å². The summed E-state index contributed by atoms with van der Waals surface area (Å²) in [6.45, 7) is 9.87. The van der Waals surface area contributed by atoms with Gasteiger partial charge in [0.05, 0.1) is 0 Å². The van der Waals surface area contributed by atoms with Crippen molar-refractivity contribution < 1.29 is 5.11 Å². The molecule has 0 radical (unpaired) electrons. The maximum Gasteiger partial charge on any atom is 0.115 e. The van der Waals surface area contributed by atoms with Crippen LogP contribution in [0.25, 0.3) is 0 Å². The highest BCUT2D eigenvalue weighted by molar-refractivity contribution is 5.34. The van der Waals surface area contributed by atoms with E-state index < -0.39 is 0 Å². The monoisotopic (exact) mass is 273 g/mol. The van der Waals surface area contributed by atoms with Crippen LogP contribution >= 0.6 is 0 Å². The summed E-state index contributed by atoms with van der Waals surface area (Å²) in [6, 6.07) is 7.87. The second-order valence-corrected chi connectivity index (χ2v) is 6.35. The Morgan fingerprint density at radius 2 is 2.20 bits per heavy atom. The third-order valence-electron chi connectivity index (χ3n) is 4.38.